The Balaban J connectivity index is 2.96. The summed E-state index contributed by atoms with van der Waals surface area (Å²) in [6.45, 7) is -0.172. The summed E-state index contributed by atoms with van der Waals surface area (Å²) in [5.41, 5.74) is -0.180. The molecule has 19 heavy (non-hydrogen) atoms. The summed E-state index contributed by atoms with van der Waals surface area (Å²) in [6.07, 6.45) is 0. The summed E-state index contributed by atoms with van der Waals surface area (Å²) < 4.78 is 6.54. The van der Waals surface area contributed by atoms with Crippen molar-refractivity contribution in [1.82, 2.24) is 4.57 Å². The third-order valence-corrected chi connectivity index (χ3v) is 2.86. The Kier molecular flexibility index (Phi) is 3.52. The smallest absolute Gasteiger partial charge is 0.352 e. The number of nitrogens with zero attached hydrogens (tertiary/aromatic N) is 1. The number of carboxylic acid groups (broad SMARTS) is 1. The predicted molar refractivity (Wildman–Crippen MR) is 68.8 cm³/mol. The van der Waals surface area contributed by atoms with Crippen molar-refractivity contribution >= 4 is 16.9 Å². The van der Waals surface area contributed by atoms with Crippen LogP contribution in [-0.2, 0) is 6.54 Å². The monoisotopic (exact) mass is 263 g/mol. The van der Waals surface area contributed by atoms with Crippen LogP contribution in [0, 0.1) is 0 Å². The topological polar surface area (TPSA) is 88.8 Å². The third-order valence-electron chi connectivity index (χ3n) is 2.86. The molecule has 0 amide bonds. The molecule has 0 fully saturated rings. The molecule has 0 bridgehead atoms. The lowest BCUT2D eigenvalue weighted by atomic mass is 10.1. The zero-order valence-electron chi connectivity index (χ0n) is 10.3. The van der Waals surface area contributed by atoms with Gasteiger partial charge in [-0.05, 0) is 12.1 Å². The number of hydrogen-bond acceptors (Lipinski definition) is 4. The highest BCUT2D eigenvalue weighted by molar-refractivity contribution is 5.92. The molecule has 6 heteroatoms. The van der Waals surface area contributed by atoms with E-state index in [1.54, 1.807) is 18.2 Å². The molecular weight excluding hydrogens is 250 g/mol. The zero-order chi connectivity index (χ0) is 14.0. The number of aromatic carboxylic acids is 1. The van der Waals surface area contributed by atoms with Crippen LogP contribution in [-0.4, -0.2) is 34.5 Å². The SMILES string of the molecule is COc1cccc2c(=O)cc(C(=O)O)n(CCO)c12. The molecule has 0 aliphatic carbocycles. The summed E-state index contributed by atoms with van der Waals surface area (Å²) in [4.78, 5) is 23.1. The highest BCUT2D eigenvalue weighted by Gasteiger charge is 2.16. The molecular formula is C13H13NO5. The van der Waals surface area contributed by atoms with Crippen molar-refractivity contribution in [3.63, 3.8) is 0 Å². The standard InChI is InChI=1S/C13H13NO5/c1-19-11-4-2-3-8-10(16)7-9(13(17)18)14(5-6-15)12(8)11/h2-4,7,15H,5-6H2,1H3,(H,17,18). The molecule has 0 aliphatic heterocycles. The Bertz CT molecular complexity index is 689. The van der Waals surface area contributed by atoms with E-state index in [0.717, 1.165) is 6.07 Å². The van der Waals surface area contributed by atoms with Crippen molar-refractivity contribution in [2.75, 3.05) is 13.7 Å². The van der Waals surface area contributed by atoms with E-state index in [4.69, 9.17) is 14.9 Å². The van der Waals surface area contributed by atoms with Gasteiger partial charge in [0, 0.05) is 18.0 Å². The average molecular weight is 263 g/mol. The molecule has 6 nitrogen and oxygen atoms in total. The van der Waals surface area contributed by atoms with Crippen molar-refractivity contribution in [2.45, 2.75) is 6.54 Å². The first-order chi connectivity index (χ1) is 9.10. The van der Waals surface area contributed by atoms with Crippen molar-refractivity contribution in [3.05, 3.63) is 40.2 Å². The van der Waals surface area contributed by atoms with Crippen LogP contribution in [0.5, 0.6) is 5.75 Å². The maximum Gasteiger partial charge on any atom is 0.352 e. The summed E-state index contributed by atoms with van der Waals surface area (Å²) in [5.74, 6) is -0.829. The minimum Gasteiger partial charge on any atom is -0.495 e. The second-order valence-corrected chi connectivity index (χ2v) is 3.93. The Morgan fingerprint density at radius 2 is 2.16 bits per heavy atom. The first-order valence-electron chi connectivity index (χ1n) is 5.65. The number of benzene rings is 1. The van der Waals surface area contributed by atoms with E-state index in [9.17, 15) is 9.59 Å². The molecule has 2 rings (SSSR count). The van der Waals surface area contributed by atoms with Gasteiger partial charge in [-0.25, -0.2) is 4.79 Å². The van der Waals surface area contributed by atoms with E-state index < -0.39 is 5.97 Å². The normalized spacial score (nSPS) is 10.6. The van der Waals surface area contributed by atoms with Gasteiger partial charge >= 0.3 is 5.97 Å². The first kappa shape index (κ1) is 13.1. The number of fused-ring (bicyclic) bond motifs is 1. The molecule has 0 saturated heterocycles. The van der Waals surface area contributed by atoms with Gasteiger partial charge in [0.15, 0.2) is 5.43 Å². The van der Waals surface area contributed by atoms with Gasteiger partial charge in [0.25, 0.3) is 0 Å². The Labute approximate surface area is 108 Å². The maximum atomic E-state index is 11.9. The lowest BCUT2D eigenvalue weighted by molar-refractivity contribution is 0.0683. The summed E-state index contributed by atoms with van der Waals surface area (Å²) in [7, 11) is 1.44. The number of ether oxygens (including phenoxy) is 1. The van der Waals surface area contributed by atoms with Crippen LogP contribution in [0.1, 0.15) is 10.5 Å². The first-order valence-corrected chi connectivity index (χ1v) is 5.65. The van der Waals surface area contributed by atoms with E-state index >= 15 is 0 Å². The van der Waals surface area contributed by atoms with Crippen molar-refractivity contribution in [2.24, 2.45) is 0 Å². The van der Waals surface area contributed by atoms with Crippen molar-refractivity contribution in [1.29, 1.82) is 0 Å². The van der Waals surface area contributed by atoms with Crippen LogP contribution in [0.3, 0.4) is 0 Å². The van der Waals surface area contributed by atoms with Gasteiger partial charge in [-0.1, -0.05) is 6.07 Å². The summed E-state index contributed by atoms with van der Waals surface area (Å²) in [5, 5.41) is 18.6. The number of carboxylic acids is 1. The van der Waals surface area contributed by atoms with Gasteiger partial charge in [0.05, 0.1) is 19.2 Å². The largest absolute Gasteiger partial charge is 0.495 e. The number of carbonyl (C=O) groups is 1. The second-order valence-electron chi connectivity index (χ2n) is 3.93. The van der Waals surface area contributed by atoms with Gasteiger partial charge in [-0.15, -0.1) is 0 Å². The van der Waals surface area contributed by atoms with Gasteiger partial charge < -0.3 is 19.5 Å². The van der Waals surface area contributed by atoms with Crippen LogP contribution >= 0.6 is 0 Å². The van der Waals surface area contributed by atoms with Gasteiger partial charge in [0.1, 0.15) is 11.4 Å². The quantitative estimate of drug-likeness (QED) is 0.847. The molecule has 0 spiro atoms. The third kappa shape index (κ3) is 2.17. The van der Waals surface area contributed by atoms with E-state index in [0.29, 0.717) is 16.7 Å². The Hall–Kier alpha value is -2.34. The molecule has 100 valence electrons. The van der Waals surface area contributed by atoms with Crippen LogP contribution in [0.2, 0.25) is 0 Å². The molecule has 0 atom stereocenters. The van der Waals surface area contributed by atoms with Crippen LogP contribution < -0.4 is 10.2 Å². The van der Waals surface area contributed by atoms with Gasteiger partial charge in [0.2, 0.25) is 0 Å². The number of rotatable bonds is 4. The molecule has 1 aromatic carbocycles. The van der Waals surface area contributed by atoms with Gasteiger partial charge in [-0.2, -0.15) is 0 Å². The molecule has 1 aromatic heterocycles. The number of pyridine rings is 1. The molecule has 2 aromatic rings. The molecule has 0 saturated carbocycles. The number of hydrogen-bond donors (Lipinski definition) is 2. The average Bonchev–Trinajstić information content (AvgIpc) is 2.40. The molecule has 0 unspecified atom stereocenters. The Morgan fingerprint density at radius 1 is 1.42 bits per heavy atom. The minimum atomic E-state index is -1.22. The predicted octanol–water partition coefficient (Wildman–Crippen LogP) is 0.701. The summed E-state index contributed by atoms with van der Waals surface area (Å²) in [6, 6.07) is 5.95. The van der Waals surface area contributed by atoms with Crippen molar-refractivity contribution < 1.29 is 19.7 Å². The molecule has 0 radical (unpaired) electrons. The Morgan fingerprint density at radius 3 is 2.74 bits per heavy atom. The minimum absolute atomic E-state index is 0.0682. The number of methoxy groups -OCH3 is 1. The van der Waals surface area contributed by atoms with Crippen molar-refractivity contribution in [3.8, 4) is 5.75 Å². The number of aliphatic hydroxyl groups is 1. The molecule has 0 aliphatic rings. The molecule has 1 heterocycles. The maximum absolute atomic E-state index is 11.9. The van der Waals surface area contributed by atoms with E-state index in [1.807, 2.05) is 0 Å². The fourth-order valence-corrected chi connectivity index (χ4v) is 2.07. The highest BCUT2D eigenvalue weighted by Crippen LogP contribution is 2.24. The van der Waals surface area contributed by atoms with Gasteiger partial charge in [-0.3, -0.25) is 4.79 Å². The second kappa shape index (κ2) is 5.11. The molecule has 2 N–H and O–H groups in total. The number of aromatic nitrogens is 1. The highest BCUT2D eigenvalue weighted by atomic mass is 16.5. The van der Waals surface area contributed by atoms with E-state index in [-0.39, 0.29) is 24.3 Å². The summed E-state index contributed by atoms with van der Waals surface area (Å²) >= 11 is 0. The van der Waals surface area contributed by atoms with Crippen LogP contribution in [0.4, 0.5) is 0 Å². The lowest BCUT2D eigenvalue weighted by Crippen LogP contribution is -2.20. The zero-order valence-corrected chi connectivity index (χ0v) is 10.3. The number of para-hydroxylation sites is 1. The van der Waals surface area contributed by atoms with Crippen LogP contribution in [0.25, 0.3) is 10.9 Å². The lowest BCUT2D eigenvalue weighted by Gasteiger charge is -2.15. The van der Waals surface area contributed by atoms with Crippen LogP contribution in [0.15, 0.2) is 29.1 Å². The fourth-order valence-electron chi connectivity index (χ4n) is 2.07. The van der Waals surface area contributed by atoms with E-state index in [2.05, 4.69) is 0 Å². The van der Waals surface area contributed by atoms with E-state index in [1.165, 1.54) is 11.7 Å². The fraction of sp³-hybridized carbons (Fsp3) is 0.231. The number of aliphatic hydroxyl groups excluding tert-OH is 1.